The number of benzene rings is 3. The molecule has 3 aromatic carbocycles. The van der Waals surface area contributed by atoms with Gasteiger partial charge < -0.3 is 10.1 Å². The number of hydrogen-bond donors (Lipinski definition) is 1. The molecule has 0 unspecified atom stereocenters. The SMILES string of the molecule is COC(=O)c1ccc2c(=O)n(-c3ccccc3)c(SCC(=O)Nc3ccc(F)c(Cl)c3)nc2c1. The lowest BCUT2D eigenvalue weighted by Gasteiger charge is -2.13. The smallest absolute Gasteiger partial charge is 0.337 e. The lowest BCUT2D eigenvalue weighted by molar-refractivity contribution is -0.113. The molecule has 0 aliphatic rings. The zero-order valence-electron chi connectivity index (χ0n) is 17.7. The number of methoxy groups -OCH3 is 1. The van der Waals surface area contributed by atoms with Gasteiger partial charge >= 0.3 is 5.97 Å². The van der Waals surface area contributed by atoms with Crippen LogP contribution in [0.3, 0.4) is 0 Å². The summed E-state index contributed by atoms with van der Waals surface area (Å²) in [7, 11) is 1.27. The molecule has 1 aromatic heterocycles. The van der Waals surface area contributed by atoms with Crippen molar-refractivity contribution in [3.05, 3.63) is 93.5 Å². The van der Waals surface area contributed by atoms with Crippen LogP contribution in [0.5, 0.6) is 0 Å². The van der Waals surface area contributed by atoms with Crippen molar-refractivity contribution < 1.29 is 18.7 Å². The number of nitrogens with zero attached hydrogens (tertiary/aromatic N) is 2. The van der Waals surface area contributed by atoms with Crippen molar-refractivity contribution in [2.24, 2.45) is 0 Å². The first kappa shape index (κ1) is 23.5. The number of fused-ring (bicyclic) bond motifs is 1. The van der Waals surface area contributed by atoms with Crippen LogP contribution < -0.4 is 10.9 Å². The number of anilines is 1. The third-order valence-electron chi connectivity index (χ3n) is 4.81. The van der Waals surface area contributed by atoms with Crippen LogP contribution in [-0.2, 0) is 9.53 Å². The molecule has 0 spiro atoms. The molecule has 10 heteroatoms. The van der Waals surface area contributed by atoms with Gasteiger partial charge in [0.25, 0.3) is 5.56 Å². The Morgan fingerprint density at radius 3 is 2.59 bits per heavy atom. The van der Waals surface area contributed by atoms with Gasteiger partial charge in [-0.25, -0.2) is 14.2 Å². The Kier molecular flexibility index (Phi) is 6.95. The Balaban J connectivity index is 1.70. The number of para-hydroxylation sites is 1. The number of esters is 1. The summed E-state index contributed by atoms with van der Waals surface area (Å²) in [5.41, 5.74) is 1.12. The van der Waals surface area contributed by atoms with E-state index in [2.05, 4.69) is 10.3 Å². The molecule has 0 fully saturated rings. The molecule has 0 radical (unpaired) electrons. The summed E-state index contributed by atoms with van der Waals surface area (Å²) < 4.78 is 19.5. The highest BCUT2D eigenvalue weighted by molar-refractivity contribution is 7.99. The molecule has 0 saturated heterocycles. The second-order valence-corrected chi connectivity index (χ2v) is 8.41. The average Bonchev–Trinajstić information content (AvgIpc) is 2.84. The van der Waals surface area contributed by atoms with Crippen LogP contribution in [0.4, 0.5) is 10.1 Å². The lowest BCUT2D eigenvalue weighted by atomic mass is 10.1. The molecule has 0 bridgehead atoms. The Bertz CT molecular complexity index is 1460. The highest BCUT2D eigenvalue weighted by Gasteiger charge is 2.17. The number of thioether (sulfide) groups is 1. The second kappa shape index (κ2) is 10.1. The number of amides is 1. The molecular weight excluding hydrogens is 481 g/mol. The molecule has 34 heavy (non-hydrogen) atoms. The number of rotatable bonds is 6. The van der Waals surface area contributed by atoms with E-state index in [4.69, 9.17) is 16.3 Å². The van der Waals surface area contributed by atoms with Gasteiger partial charge in [0.15, 0.2) is 5.16 Å². The number of nitrogens with one attached hydrogen (secondary N) is 1. The van der Waals surface area contributed by atoms with Crippen LogP contribution in [0.15, 0.2) is 76.7 Å². The summed E-state index contributed by atoms with van der Waals surface area (Å²) in [5, 5.41) is 3.10. The number of carbonyl (C=O) groups excluding carboxylic acids is 2. The quantitative estimate of drug-likeness (QED) is 0.236. The van der Waals surface area contributed by atoms with E-state index in [0.29, 0.717) is 22.3 Å². The highest BCUT2D eigenvalue weighted by Crippen LogP contribution is 2.23. The fourth-order valence-corrected chi connectivity index (χ4v) is 4.21. The second-order valence-electron chi connectivity index (χ2n) is 7.06. The standard InChI is InChI=1S/C24H17ClFN3O4S/c1-33-23(32)14-7-9-17-20(11-14)28-24(29(22(17)31)16-5-3-2-4-6-16)34-13-21(30)27-15-8-10-19(26)18(25)12-15/h2-12H,13H2,1H3,(H,27,30). The number of aromatic nitrogens is 2. The summed E-state index contributed by atoms with van der Waals surface area (Å²) >= 11 is 6.81. The van der Waals surface area contributed by atoms with E-state index in [0.717, 1.165) is 17.8 Å². The van der Waals surface area contributed by atoms with Crippen molar-refractivity contribution in [3.63, 3.8) is 0 Å². The number of halogens is 2. The Morgan fingerprint density at radius 1 is 1.12 bits per heavy atom. The van der Waals surface area contributed by atoms with Gasteiger partial charge in [-0.05, 0) is 48.5 Å². The van der Waals surface area contributed by atoms with Crippen molar-refractivity contribution in [3.8, 4) is 5.69 Å². The molecule has 4 rings (SSSR count). The maximum atomic E-state index is 13.4. The molecule has 1 heterocycles. The van der Waals surface area contributed by atoms with Crippen LogP contribution in [0, 0.1) is 5.82 Å². The maximum Gasteiger partial charge on any atom is 0.337 e. The molecular formula is C24H17ClFN3O4S. The van der Waals surface area contributed by atoms with E-state index in [-0.39, 0.29) is 27.1 Å². The van der Waals surface area contributed by atoms with Gasteiger partial charge in [0.2, 0.25) is 5.91 Å². The third kappa shape index (κ3) is 4.95. The van der Waals surface area contributed by atoms with Gasteiger partial charge in [-0.1, -0.05) is 41.6 Å². The van der Waals surface area contributed by atoms with Crippen molar-refractivity contribution in [2.45, 2.75) is 5.16 Å². The molecule has 1 amide bonds. The predicted octanol–water partition coefficient (Wildman–Crippen LogP) is 4.70. The first-order chi connectivity index (χ1) is 16.4. The number of ether oxygens (including phenoxy) is 1. The van der Waals surface area contributed by atoms with E-state index in [1.165, 1.54) is 42.0 Å². The van der Waals surface area contributed by atoms with Gasteiger partial charge in [0.1, 0.15) is 5.82 Å². The van der Waals surface area contributed by atoms with Crippen LogP contribution in [0.2, 0.25) is 5.02 Å². The fraction of sp³-hybridized carbons (Fsp3) is 0.0833. The monoisotopic (exact) mass is 497 g/mol. The molecule has 1 N–H and O–H groups in total. The van der Waals surface area contributed by atoms with Crippen LogP contribution in [0.1, 0.15) is 10.4 Å². The lowest BCUT2D eigenvalue weighted by Crippen LogP contribution is -2.23. The molecule has 0 atom stereocenters. The Morgan fingerprint density at radius 2 is 1.88 bits per heavy atom. The molecule has 7 nitrogen and oxygen atoms in total. The first-order valence-corrected chi connectivity index (χ1v) is 11.3. The predicted molar refractivity (Wildman–Crippen MR) is 129 cm³/mol. The molecule has 0 saturated carbocycles. The summed E-state index contributed by atoms with van der Waals surface area (Å²) in [6.45, 7) is 0. The molecule has 0 aliphatic carbocycles. The third-order valence-corrected chi connectivity index (χ3v) is 6.04. The van der Waals surface area contributed by atoms with Gasteiger partial charge in [0, 0.05) is 5.69 Å². The fourth-order valence-electron chi connectivity index (χ4n) is 3.21. The minimum absolute atomic E-state index is 0.0868. The van der Waals surface area contributed by atoms with Gasteiger partial charge in [0.05, 0.1) is 40.0 Å². The van der Waals surface area contributed by atoms with Crippen molar-refractivity contribution in [1.82, 2.24) is 9.55 Å². The minimum Gasteiger partial charge on any atom is -0.465 e. The molecule has 172 valence electrons. The summed E-state index contributed by atoms with van der Waals surface area (Å²) in [5.74, 6) is -1.63. The van der Waals surface area contributed by atoms with Crippen LogP contribution in [0.25, 0.3) is 16.6 Å². The van der Waals surface area contributed by atoms with E-state index >= 15 is 0 Å². The van der Waals surface area contributed by atoms with Crippen molar-refractivity contribution in [2.75, 3.05) is 18.2 Å². The van der Waals surface area contributed by atoms with Crippen LogP contribution in [-0.4, -0.2) is 34.3 Å². The van der Waals surface area contributed by atoms with Gasteiger partial charge in [-0.15, -0.1) is 0 Å². The molecule has 0 aliphatic heterocycles. The first-order valence-electron chi connectivity index (χ1n) is 9.95. The van der Waals surface area contributed by atoms with E-state index in [1.54, 1.807) is 24.3 Å². The van der Waals surface area contributed by atoms with E-state index in [9.17, 15) is 18.8 Å². The van der Waals surface area contributed by atoms with Gasteiger partial charge in [-0.3, -0.25) is 14.2 Å². The normalized spacial score (nSPS) is 10.8. The maximum absolute atomic E-state index is 13.4. The average molecular weight is 498 g/mol. The van der Waals surface area contributed by atoms with E-state index < -0.39 is 17.7 Å². The minimum atomic E-state index is -0.590. The molecule has 4 aromatic rings. The van der Waals surface area contributed by atoms with Gasteiger partial charge in [-0.2, -0.15) is 0 Å². The number of hydrogen-bond acceptors (Lipinski definition) is 6. The summed E-state index contributed by atoms with van der Waals surface area (Å²) in [4.78, 5) is 42.4. The summed E-state index contributed by atoms with van der Waals surface area (Å²) in [6, 6.07) is 17.2. The van der Waals surface area contributed by atoms with Crippen LogP contribution >= 0.6 is 23.4 Å². The van der Waals surface area contributed by atoms with Crippen molar-refractivity contribution >= 4 is 51.8 Å². The Labute approximate surface area is 202 Å². The summed E-state index contributed by atoms with van der Waals surface area (Å²) in [6.07, 6.45) is 0. The Hall–Kier alpha value is -3.69. The van der Waals surface area contributed by atoms with Crippen molar-refractivity contribution in [1.29, 1.82) is 0 Å². The highest BCUT2D eigenvalue weighted by atomic mass is 35.5. The zero-order valence-corrected chi connectivity index (χ0v) is 19.3. The number of carbonyl (C=O) groups is 2. The van der Waals surface area contributed by atoms with E-state index in [1.807, 2.05) is 6.07 Å². The topological polar surface area (TPSA) is 90.3 Å². The largest absolute Gasteiger partial charge is 0.465 e. The zero-order chi connectivity index (χ0) is 24.2.